The van der Waals surface area contributed by atoms with Gasteiger partial charge in [0.2, 0.25) is 0 Å². The summed E-state index contributed by atoms with van der Waals surface area (Å²) in [7, 11) is -2.93. The van der Waals surface area contributed by atoms with Crippen LogP contribution in [-0.2, 0) is 16.3 Å². The van der Waals surface area contributed by atoms with Gasteiger partial charge in [-0.1, -0.05) is 6.07 Å². The minimum Gasteiger partial charge on any atom is -0.357 e. The topological polar surface area (TPSA) is 83.4 Å². The zero-order valence-corrected chi connectivity index (χ0v) is 17.1. The minimum atomic E-state index is -2.93. The predicted molar refractivity (Wildman–Crippen MR) is 106 cm³/mol. The van der Waals surface area contributed by atoms with E-state index < -0.39 is 9.84 Å². The van der Waals surface area contributed by atoms with Crippen molar-refractivity contribution >= 4 is 39.8 Å². The smallest absolute Gasteiger partial charge is 0.191 e. The highest BCUT2D eigenvalue weighted by Crippen LogP contribution is 1.98. The molecule has 0 aliphatic carbocycles. The number of hydrogen-bond donors (Lipinski definition) is 2. The maximum absolute atomic E-state index is 11.2. The van der Waals surface area contributed by atoms with Gasteiger partial charge in [0.25, 0.3) is 0 Å². The third kappa shape index (κ3) is 11.3. The molecule has 0 saturated heterocycles. The summed E-state index contributed by atoms with van der Waals surface area (Å²) in [5, 5.41) is 6.41. The second-order valence-corrected chi connectivity index (χ2v) is 7.60. The Morgan fingerprint density at radius 3 is 2.74 bits per heavy atom. The van der Waals surface area contributed by atoms with Gasteiger partial charge < -0.3 is 10.6 Å². The SMILES string of the molecule is CCNC(=NCCc1cccnc1)NC(C)CCS(C)(=O)=O.I. The van der Waals surface area contributed by atoms with Crippen LogP contribution in [0.5, 0.6) is 0 Å². The fourth-order valence-corrected chi connectivity index (χ4v) is 2.64. The molecule has 0 amide bonds. The van der Waals surface area contributed by atoms with Crippen LogP contribution in [0.2, 0.25) is 0 Å². The number of guanidine groups is 1. The Kier molecular flexibility index (Phi) is 11.2. The molecular formula is C15H27IN4O2S. The van der Waals surface area contributed by atoms with Gasteiger partial charge >= 0.3 is 0 Å². The number of aromatic nitrogens is 1. The summed E-state index contributed by atoms with van der Waals surface area (Å²) in [6.45, 7) is 5.37. The fraction of sp³-hybridized carbons (Fsp3) is 0.600. The Morgan fingerprint density at radius 2 is 2.17 bits per heavy atom. The van der Waals surface area contributed by atoms with Crippen LogP contribution in [0.25, 0.3) is 0 Å². The zero-order chi connectivity index (χ0) is 16.4. The highest BCUT2D eigenvalue weighted by Gasteiger charge is 2.09. The van der Waals surface area contributed by atoms with Crippen LogP contribution in [0.1, 0.15) is 25.8 Å². The predicted octanol–water partition coefficient (Wildman–Crippen LogP) is 1.62. The number of halogens is 1. The highest BCUT2D eigenvalue weighted by molar-refractivity contribution is 14.0. The monoisotopic (exact) mass is 454 g/mol. The van der Waals surface area contributed by atoms with Gasteiger partial charge in [-0.25, -0.2) is 8.42 Å². The first-order valence-electron chi connectivity index (χ1n) is 7.52. The quantitative estimate of drug-likeness (QED) is 0.355. The number of hydrogen-bond acceptors (Lipinski definition) is 4. The van der Waals surface area contributed by atoms with Crippen molar-refractivity contribution in [1.29, 1.82) is 0 Å². The second-order valence-electron chi connectivity index (χ2n) is 5.34. The minimum absolute atomic E-state index is 0. The van der Waals surface area contributed by atoms with Crippen molar-refractivity contribution in [3.8, 4) is 0 Å². The molecule has 1 heterocycles. The normalized spacial score (nSPS) is 13.1. The number of aliphatic imine (C=N–C) groups is 1. The molecule has 0 bridgehead atoms. The van der Waals surface area contributed by atoms with E-state index in [0.717, 1.165) is 18.5 Å². The number of nitrogens with one attached hydrogen (secondary N) is 2. The number of pyridine rings is 1. The fourth-order valence-electron chi connectivity index (χ4n) is 1.86. The van der Waals surface area contributed by atoms with E-state index in [4.69, 9.17) is 0 Å². The van der Waals surface area contributed by atoms with E-state index in [1.165, 1.54) is 6.26 Å². The largest absolute Gasteiger partial charge is 0.357 e. The van der Waals surface area contributed by atoms with E-state index in [1.807, 2.05) is 32.2 Å². The summed E-state index contributed by atoms with van der Waals surface area (Å²) in [4.78, 5) is 8.59. The number of rotatable bonds is 8. The molecule has 0 radical (unpaired) electrons. The standard InChI is InChI=1S/C15H26N4O2S.HI/c1-4-17-15(19-13(2)8-11-22(3,20)21)18-10-7-14-6-5-9-16-12-14;/h5-6,9,12-13H,4,7-8,10-11H2,1-3H3,(H2,17,18,19);1H. The van der Waals surface area contributed by atoms with Crippen molar-refractivity contribution in [2.75, 3.05) is 25.1 Å². The van der Waals surface area contributed by atoms with E-state index in [1.54, 1.807) is 6.20 Å². The van der Waals surface area contributed by atoms with E-state index in [-0.39, 0.29) is 35.8 Å². The summed E-state index contributed by atoms with van der Waals surface area (Å²) in [5.74, 6) is 0.892. The summed E-state index contributed by atoms with van der Waals surface area (Å²) >= 11 is 0. The number of nitrogens with zero attached hydrogens (tertiary/aromatic N) is 2. The molecule has 0 aliphatic rings. The molecule has 1 atom stereocenters. The molecule has 0 aromatic carbocycles. The van der Waals surface area contributed by atoms with Crippen molar-refractivity contribution in [3.63, 3.8) is 0 Å². The van der Waals surface area contributed by atoms with Crippen LogP contribution in [0.15, 0.2) is 29.5 Å². The molecule has 2 N–H and O–H groups in total. The highest BCUT2D eigenvalue weighted by atomic mass is 127. The van der Waals surface area contributed by atoms with Crippen LogP contribution in [0, 0.1) is 0 Å². The first kappa shape index (κ1) is 22.1. The van der Waals surface area contributed by atoms with Gasteiger partial charge in [-0.3, -0.25) is 9.98 Å². The van der Waals surface area contributed by atoms with Crippen LogP contribution in [0.3, 0.4) is 0 Å². The van der Waals surface area contributed by atoms with Crippen molar-refractivity contribution in [2.24, 2.45) is 4.99 Å². The van der Waals surface area contributed by atoms with Crippen molar-refractivity contribution in [3.05, 3.63) is 30.1 Å². The molecule has 1 unspecified atom stereocenters. The van der Waals surface area contributed by atoms with Crippen LogP contribution in [-0.4, -0.2) is 50.5 Å². The maximum atomic E-state index is 11.2. The van der Waals surface area contributed by atoms with Crippen molar-refractivity contribution in [2.45, 2.75) is 32.7 Å². The lowest BCUT2D eigenvalue weighted by Gasteiger charge is -2.17. The van der Waals surface area contributed by atoms with Gasteiger partial charge in [-0.05, 0) is 38.3 Å². The van der Waals surface area contributed by atoms with Gasteiger partial charge in [0.1, 0.15) is 9.84 Å². The van der Waals surface area contributed by atoms with E-state index in [9.17, 15) is 8.42 Å². The molecule has 1 aromatic heterocycles. The van der Waals surface area contributed by atoms with Crippen LogP contribution in [0.4, 0.5) is 0 Å². The van der Waals surface area contributed by atoms with E-state index in [0.29, 0.717) is 18.9 Å². The molecule has 0 spiro atoms. The molecular weight excluding hydrogens is 427 g/mol. The van der Waals surface area contributed by atoms with Gasteiger partial charge in [0.05, 0.1) is 5.75 Å². The van der Waals surface area contributed by atoms with Crippen LogP contribution >= 0.6 is 24.0 Å². The molecule has 23 heavy (non-hydrogen) atoms. The molecule has 0 aliphatic heterocycles. The zero-order valence-electron chi connectivity index (χ0n) is 13.9. The van der Waals surface area contributed by atoms with E-state index >= 15 is 0 Å². The second kappa shape index (κ2) is 11.6. The maximum Gasteiger partial charge on any atom is 0.191 e. The van der Waals surface area contributed by atoms with Crippen molar-refractivity contribution < 1.29 is 8.42 Å². The Morgan fingerprint density at radius 1 is 1.43 bits per heavy atom. The Balaban J connectivity index is 0.00000484. The average molecular weight is 454 g/mol. The summed E-state index contributed by atoms with van der Waals surface area (Å²) < 4.78 is 22.4. The lowest BCUT2D eigenvalue weighted by atomic mass is 10.2. The Hall–Kier alpha value is -0.900. The lowest BCUT2D eigenvalue weighted by Crippen LogP contribution is -2.43. The van der Waals surface area contributed by atoms with Crippen molar-refractivity contribution in [1.82, 2.24) is 15.6 Å². The van der Waals surface area contributed by atoms with Gasteiger partial charge in [-0.15, -0.1) is 24.0 Å². The molecule has 1 aromatic rings. The first-order chi connectivity index (χ1) is 10.4. The lowest BCUT2D eigenvalue weighted by molar-refractivity contribution is 0.581. The van der Waals surface area contributed by atoms with Gasteiger partial charge in [0, 0.05) is 37.8 Å². The van der Waals surface area contributed by atoms with Gasteiger partial charge in [0.15, 0.2) is 5.96 Å². The van der Waals surface area contributed by atoms with Crippen LogP contribution < -0.4 is 10.6 Å². The average Bonchev–Trinajstić information content (AvgIpc) is 2.46. The Bertz CT molecular complexity index is 564. The molecule has 0 saturated carbocycles. The third-order valence-corrected chi connectivity index (χ3v) is 4.02. The summed E-state index contributed by atoms with van der Waals surface area (Å²) in [6.07, 6.45) is 6.23. The molecule has 6 nitrogen and oxygen atoms in total. The molecule has 132 valence electrons. The summed E-state index contributed by atoms with van der Waals surface area (Å²) in [5.41, 5.74) is 1.15. The van der Waals surface area contributed by atoms with Gasteiger partial charge in [-0.2, -0.15) is 0 Å². The Labute approximate surface area is 156 Å². The molecule has 1 rings (SSSR count). The molecule has 8 heteroatoms. The first-order valence-corrected chi connectivity index (χ1v) is 9.58. The number of sulfone groups is 1. The molecule has 0 fully saturated rings. The summed E-state index contributed by atoms with van der Waals surface area (Å²) in [6, 6.07) is 3.99. The third-order valence-electron chi connectivity index (χ3n) is 3.04. The van der Waals surface area contributed by atoms with E-state index in [2.05, 4.69) is 20.6 Å².